The van der Waals surface area contributed by atoms with Crippen LogP contribution in [-0.4, -0.2) is 22.2 Å². The van der Waals surface area contributed by atoms with E-state index in [1.165, 1.54) is 12.8 Å². The molecule has 2 rings (SSSR count). The summed E-state index contributed by atoms with van der Waals surface area (Å²) in [6.45, 7) is 0. The Balaban J connectivity index is 1.98. The Morgan fingerprint density at radius 1 is 1.15 bits per heavy atom. The molecule has 13 heavy (non-hydrogen) atoms. The van der Waals surface area contributed by atoms with Crippen LogP contribution in [0.5, 0.6) is 0 Å². The maximum absolute atomic E-state index is 11.4. The summed E-state index contributed by atoms with van der Waals surface area (Å²) >= 11 is 3.93. The molecule has 0 atom stereocenters. The molecular formula is C10H16O2S. The Morgan fingerprint density at radius 3 is 2.00 bits per heavy atom. The van der Waals surface area contributed by atoms with Crippen LogP contribution in [0.2, 0.25) is 0 Å². The minimum absolute atomic E-state index is 0.0914. The third-order valence-electron chi connectivity index (χ3n) is 3.76. The van der Waals surface area contributed by atoms with E-state index in [9.17, 15) is 9.90 Å². The van der Waals surface area contributed by atoms with Crippen molar-refractivity contribution in [1.82, 2.24) is 0 Å². The van der Waals surface area contributed by atoms with Gasteiger partial charge in [-0.1, -0.05) is 0 Å². The normalized spacial score (nSPS) is 28.8. The molecular weight excluding hydrogens is 184 g/mol. The molecule has 1 spiro atoms. The highest BCUT2D eigenvalue weighted by atomic mass is 32.1. The van der Waals surface area contributed by atoms with E-state index >= 15 is 0 Å². The van der Waals surface area contributed by atoms with Crippen LogP contribution in [0, 0.1) is 5.41 Å². The number of hydrogen-bond donors (Lipinski definition) is 2. The summed E-state index contributed by atoms with van der Waals surface area (Å²) < 4.78 is 0. The first-order valence-corrected chi connectivity index (χ1v) is 5.60. The second-order valence-electron chi connectivity index (χ2n) is 4.61. The van der Waals surface area contributed by atoms with Gasteiger partial charge < -0.3 is 5.11 Å². The first-order chi connectivity index (χ1) is 6.10. The molecule has 0 aromatic rings. The molecule has 0 bridgehead atoms. The van der Waals surface area contributed by atoms with Crippen molar-refractivity contribution in [1.29, 1.82) is 0 Å². The van der Waals surface area contributed by atoms with Crippen molar-refractivity contribution in [2.24, 2.45) is 5.41 Å². The predicted molar refractivity (Wildman–Crippen MR) is 53.9 cm³/mol. The Morgan fingerprint density at radius 2 is 1.62 bits per heavy atom. The monoisotopic (exact) mass is 200 g/mol. The number of hydrogen-bond acceptors (Lipinski definition) is 3. The number of thiol groups is 1. The number of ketones is 1. The largest absolute Gasteiger partial charge is 0.382 e. The molecule has 0 aliphatic heterocycles. The Kier molecular flexibility index (Phi) is 2.19. The highest BCUT2D eigenvalue weighted by Gasteiger charge is 2.50. The zero-order valence-corrected chi connectivity index (χ0v) is 8.65. The average molecular weight is 200 g/mol. The van der Waals surface area contributed by atoms with Crippen LogP contribution in [-0.2, 0) is 4.79 Å². The summed E-state index contributed by atoms with van der Waals surface area (Å²) in [6, 6.07) is 0. The van der Waals surface area contributed by atoms with Crippen molar-refractivity contribution in [2.45, 2.75) is 44.1 Å². The molecule has 1 N–H and O–H groups in total. The first-order valence-electron chi connectivity index (χ1n) is 4.97. The highest BCUT2D eigenvalue weighted by Crippen LogP contribution is 2.57. The van der Waals surface area contributed by atoms with Gasteiger partial charge >= 0.3 is 0 Å². The van der Waals surface area contributed by atoms with E-state index < -0.39 is 5.60 Å². The number of carbonyl (C=O) groups is 1. The minimum atomic E-state index is -1.03. The lowest BCUT2D eigenvalue weighted by molar-refractivity contribution is -0.139. The molecule has 0 radical (unpaired) electrons. The summed E-state index contributed by atoms with van der Waals surface area (Å²) in [7, 11) is 0. The minimum Gasteiger partial charge on any atom is -0.382 e. The number of carbonyl (C=O) groups excluding carboxylic acids is 1. The van der Waals surface area contributed by atoms with Crippen LogP contribution < -0.4 is 0 Å². The smallest absolute Gasteiger partial charge is 0.173 e. The van der Waals surface area contributed by atoms with Crippen LogP contribution >= 0.6 is 12.6 Å². The fourth-order valence-electron chi connectivity index (χ4n) is 2.30. The quantitative estimate of drug-likeness (QED) is 0.664. The van der Waals surface area contributed by atoms with Gasteiger partial charge in [0.1, 0.15) is 5.60 Å². The van der Waals surface area contributed by atoms with Crippen molar-refractivity contribution < 1.29 is 9.90 Å². The number of aliphatic hydroxyl groups is 1. The molecule has 3 heteroatoms. The fraction of sp³-hybridized carbons (Fsp3) is 0.900. The SMILES string of the molecule is O=C(CS)C1(O)CCC2(CC2)CC1. The molecule has 2 fully saturated rings. The van der Waals surface area contributed by atoms with Gasteiger partial charge in [0.25, 0.3) is 0 Å². The van der Waals surface area contributed by atoms with Gasteiger partial charge in [0.2, 0.25) is 0 Å². The molecule has 2 nitrogen and oxygen atoms in total. The van der Waals surface area contributed by atoms with Crippen LogP contribution in [0.1, 0.15) is 38.5 Å². The predicted octanol–water partition coefficient (Wildman–Crippen LogP) is 1.57. The van der Waals surface area contributed by atoms with Crippen LogP contribution in [0.15, 0.2) is 0 Å². The van der Waals surface area contributed by atoms with E-state index in [1.807, 2.05) is 0 Å². The molecule has 0 aromatic heterocycles. The fourth-order valence-corrected chi connectivity index (χ4v) is 2.59. The molecule has 0 unspecified atom stereocenters. The topological polar surface area (TPSA) is 37.3 Å². The molecule has 0 aromatic carbocycles. The van der Waals surface area contributed by atoms with Gasteiger partial charge in [-0.3, -0.25) is 4.79 Å². The Bertz CT molecular complexity index is 223. The van der Waals surface area contributed by atoms with Gasteiger partial charge in [0.05, 0.1) is 5.75 Å². The second-order valence-corrected chi connectivity index (χ2v) is 4.93. The highest BCUT2D eigenvalue weighted by molar-refractivity contribution is 7.81. The third kappa shape index (κ3) is 1.64. The van der Waals surface area contributed by atoms with Crippen molar-refractivity contribution in [3.63, 3.8) is 0 Å². The van der Waals surface area contributed by atoms with E-state index in [2.05, 4.69) is 12.6 Å². The maximum Gasteiger partial charge on any atom is 0.173 e. The van der Waals surface area contributed by atoms with Crippen molar-refractivity contribution in [2.75, 3.05) is 5.75 Å². The molecule has 74 valence electrons. The van der Waals surface area contributed by atoms with E-state index in [-0.39, 0.29) is 11.5 Å². The van der Waals surface area contributed by atoms with Crippen molar-refractivity contribution in [3.05, 3.63) is 0 Å². The molecule has 0 saturated heterocycles. The van der Waals surface area contributed by atoms with Gasteiger partial charge in [0, 0.05) is 0 Å². The van der Waals surface area contributed by atoms with Gasteiger partial charge in [-0.15, -0.1) is 0 Å². The number of Topliss-reactive ketones (excluding diaryl/α,β-unsaturated/α-hetero) is 1. The van der Waals surface area contributed by atoms with Gasteiger partial charge in [-0.25, -0.2) is 0 Å². The number of rotatable bonds is 2. The van der Waals surface area contributed by atoms with Gasteiger partial charge in [0.15, 0.2) is 5.78 Å². The lowest BCUT2D eigenvalue weighted by Gasteiger charge is -2.34. The van der Waals surface area contributed by atoms with E-state index in [1.54, 1.807) is 0 Å². The zero-order chi connectivity index (χ0) is 9.53. The van der Waals surface area contributed by atoms with Gasteiger partial charge in [-0.2, -0.15) is 12.6 Å². The van der Waals surface area contributed by atoms with E-state index in [4.69, 9.17) is 0 Å². The van der Waals surface area contributed by atoms with Crippen LogP contribution in [0.3, 0.4) is 0 Å². The third-order valence-corrected chi connectivity index (χ3v) is 4.04. The molecule has 2 saturated carbocycles. The van der Waals surface area contributed by atoms with Crippen molar-refractivity contribution in [3.8, 4) is 0 Å². The average Bonchev–Trinajstić information content (AvgIpc) is 2.90. The molecule has 0 amide bonds. The standard InChI is InChI=1S/C10H16O2S/c11-8(7-13)10(12)5-3-9(1-2-9)4-6-10/h12-13H,1-7H2. The second kappa shape index (κ2) is 2.99. The van der Waals surface area contributed by atoms with E-state index in [0.717, 1.165) is 12.8 Å². The lowest BCUT2D eigenvalue weighted by atomic mass is 9.75. The maximum atomic E-state index is 11.4. The van der Waals surface area contributed by atoms with Crippen molar-refractivity contribution >= 4 is 18.4 Å². The zero-order valence-electron chi connectivity index (χ0n) is 7.75. The Labute approximate surface area is 84.1 Å². The molecule has 0 heterocycles. The summed E-state index contributed by atoms with van der Waals surface area (Å²) in [4.78, 5) is 11.4. The summed E-state index contributed by atoms with van der Waals surface area (Å²) in [5, 5.41) is 10.0. The first kappa shape index (κ1) is 9.53. The van der Waals surface area contributed by atoms with Crippen LogP contribution in [0.4, 0.5) is 0 Å². The Hall–Kier alpha value is -0.0200. The summed E-state index contributed by atoms with van der Waals surface area (Å²) in [5.41, 5.74) is -0.501. The molecule has 2 aliphatic carbocycles. The summed E-state index contributed by atoms with van der Waals surface area (Å²) in [6.07, 6.45) is 5.99. The lowest BCUT2D eigenvalue weighted by Crippen LogP contribution is -2.43. The van der Waals surface area contributed by atoms with E-state index in [0.29, 0.717) is 18.3 Å². The van der Waals surface area contributed by atoms with Crippen LogP contribution in [0.25, 0.3) is 0 Å². The van der Waals surface area contributed by atoms with Gasteiger partial charge in [-0.05, 0) is 43.9 Å². The summed E-state index contributed by atoms with van der Waals surface area (Å²) in [5.74, 6) is 0.0788. The molecule has 2 aliphatic rings.